The number of rotatable bonds is 5. The average Bonchev–Trinajstić information content (AvgIpc) is 2.96. The predicted octanol–water partition coefficient (Wildman–Crippen LogP) is 2.62. The van der Waals surface area contributed by atoms with Crippen LogP contribution in [-0.2, 0) is 9.53 Å². The Balaban J connectivity index is 1.58. The number of aryl methyl sites for hydroxylation is 2. The van der Waals surface area contributed by atoms with Crippen LogP contribution in [0.5, 0.6) is 0 Å². The lowest BCUT2D eigenvalue weighted by molar-refractivity contribution is -0.117. The minimum atomic E-state index is 0.00116. The van der Waals surface area contributed by atoms with Crippen LogP contribution in [0.1, 0.15) is 17.0 Å². The second kappa shape index (κ2) is 8.06. The highest BCUT2D eigenvalue weighted by Gasteiger charge is 2.17. The van der Waals surface area contributed by atoms with Crippen LogP contribution >= 0.6 is 23.1 Å². The molecular formula is C16H20N4O2S2. The summed E-state index contributed by atoms with van der Waals surface area (Å²) in [5, 5.41) is 15.4. The van der Waals surface area contributed by atoms with Crippen LogP contribution in [0.25, 0.3) is 0 Å². The molecule has 0 aliphatic carbocycles. The highest BCUT2D eigenvalue weighted by atomic mass is 32.2. The molecule has 1 aliphatic rings. The van der Waals surface area contributed by atoms with Crippen LogP contribution < -0.4 is 10.6 Å². The summed E-state index contributed by atoms with van der Waals surface area (Å²) >= 11 is 3.16. The Hall–Kier alpha value is -1.48. The van der Waals surface area contributed by atoms with Gasteiger partial charge >= 0.3 is 0 Å². The molecule has 0 bridgehead atoms. The summed E-state index contributed by atoms with van der Waals surface area (Å²) in [5.74, 6) is 0.00116. The number of hydrogen-bond donors (Lipinski definition) is 2. The first-order valence-corrected chi connectivity index (χ1v) is 9.43. The number of hydrogen-bond acceptors (Lipinski definition) is 7. The lowest BCUT2D eigenvalue weighted by Gasteiger charge is -2.23. The molecule has 2 aromatic rings. The third-order valence-corrected chi connectivity index (χ3v) is 5.49. The average molecular weight is 364 g/mol. The number of amides is 1. The van der Waals surface area contributed by atoms with Crippen LogP contribution in [0.2, 0.25) is 0 Å². The second-order valence-corrected chi connectivity index (χ2v) is 8.15. The van der Waals surface area contributed by atoms with Crippen molar-refractivity contribution in [3.05, 3.63) is 28.8 Å². The summed E-state index contributed by atoms with van der Waals surface area (Å²) in [4.78, 5) is 13.3. The van der Waals surface area contributed by atoms with Gasteiger partial charge < -0.3 is 15.4 Å². The van der Waals surface area contributed by atoms with Gasteiger partial charge in [0.15, 0.2) is 4.34 Å². The minimum absolute atomic E-state index is 0.00116. The van der Waals surface area contributed by atoms with Gasteiger partial charge in [-0.05, 0) is 37.6 Å². The molecule has 128 valence electrons. The highest BCUT2D eigenvalue weighted by molar-refractivity contribution is 8.01. The van der Waals surface area contributed by atoms with Crippen molar-refractivity contribution in [1.82, 2.24) is 15.5 Å². The van der Waals surface area contributed by atoms with Crippen molar-refractivity contribution in [1.29, 1.82) is 0 Å². The zero-order valence-electron chi connectivity index (χ0n) is 13.7. The first-order valence-electron chi connectivity index (χ1n) is 7.80. The number of aromatic nitrogens is 2. The van der Waals surface area contributed by atoms with Crippen LogP contribution in [-0.4, -0.2) is 41.9 Å². The molecule has 24 heavy (non-hydrogen) atoms. The SMILES string of the molecule is Cc1nnc(Sc2ccc(NC(=O)CC3COCCN3)c(C)c2)s1. The van der Waals surface area contributed by atoms with Gasteiger partial charge in [-0.25, -0.2) is 0 Å². The van der Waals surface area contributed by atoms with E-state index < -0.39 is 0 Å². The molecule has 2 N–H and O–H groups in total. The maximum atomic E-state index is 12.2. The Morgan fingerprint density at radius 1 is 1.46 bits per heavy atom. The van der Waals surface area contributed by atoms with E-state index in [1.165, 1.54) is 0 Å². The van der Waals surface area contributed by atoms with Gasteiger partial charge in [0.25, 0.3) is 0 Å². The highest BCUT2D eigenvalue weighted by Crippen LogP contribution is 2.32. The fourth-order valence-electron chi connectivity index (χ4n) is 2.44. The molecular weight excluding hydrogens is 344 g/mol. The standard InChI is InChI=1S/C16H20N4O2S2/c1-10-7-13(24-16-20-19-11(2)23-16)3-4-14(10)18-15(21)8-12-9-22-6-5-17-12/h3-4,7,12,17H,5-6,8-9H2,1-2H3,(H,18,21). The molecule has 1 aromatic heterocycles. The van der Waals surface area contributed by atoms with Crippen molar-refractivity contribution in [3.8, 4) is 0 Å². The van der Waals surface area contributed by atoms with E-state index in [0.29, 0.717) is 19.6 Å². The number of morpholine rings is 1. The van der Waals surface area contributed by atoms with Gasteiger partial charge in [0, 0.05) is 29.6 Å². The fourth-order valence-corrected chi connectivity index (χ4v) is 4.32. The van der Waals surface area contributed by atoms with Crippen molar-refractivity contribution in [2.75, 3.05) is 25.1 Å². The normalized spacial score (nSPS) is 17.7. The largest absolute Gasteiger partial charge is 0.378 e. The molecule has 1 atom stereocenters. The van der Waals surface area contributed by atoms with Crippen LogP contribution in [0, 0.1) is 13.8 Å². The van der Waals surface area contributed by atoms with Crippen molar-refractivity contribution in [2.24, 2.45) is 0 Å². The summed E-state index contributed by atoms with van der Waals surface area (Å²) in [6, 6.07) is 6.08. The van der Waals surface area contributed by atoms with Crippen LogP contribution in [0.4, 0.5) is 5.69 Å². The lowest BCUT2D eigenvalue weighted by atomic mass is 10.1. The smallest absolute Gasteiger partial charge is 0.226 e. The van der Waals surface area contributed by atoms with E-state index in [2.05, 4.69) is 26.9 Å². The summed E-state index contributed by atoms with van der Waals surface area (Å²) in [7, 11) is 0. The molecule has 1 fully saturated rings. The zero-order chi connectivity index (χ0) is 16.9. The van der Waals surface area contributed by atoms with E-state index in [1.807, 2.05) is 26.0 Å². The number of carbonyl (C=O) groups is 1. The molecule has 3 rings (SSSR count). The Labute approximate surface area is 149 Å². The molecule has 1 saturated heterocycles. The molecule has 0 saturated carbocycles. The zero-order valence-corrected chi connectivity index (χ0v) is 15.3. The maximum absolute atomic E-state index is 12.2. The monoisotopic (exact) mass is 364 g/mol. The van der Waals surface area contributed by atoms with Gasteiger partial charge in [-0.15, -0.1) is 10.2 Å². The van der Waals surface area contributed by atoms with Crippen molar-refractivity contribution in [2.45, 2.75) is 35.5 Å². The molecule has 0 spiro atoms. The number of carbonyl (C=O) groups excluding carboxylic acids is 1. The number of nitrogens with one attached hydrogen (secondary N) is 2. The Kier molecular flexibility index (Phi) is 5.83. The van der Waals surface area contributed by atoms with Crippen LogP contribution in [0.3, 0.4) is 0 Å². The Morgan fingerprint density at radius 3 is 3.00 bits per heavy atom. The van der Waals surface area contributed by atoms with Crippen molar-refractivity contribution in [3.63, 3.8) is 0 Å². The number of benzene rings is 1. The van der Waals surface area contributed by atoms with Gasteiger partial charge in [-0.2, -0.15) is 0 Å². The van der Waals surface area contributed by atoms with Gasteiger partial charge in [-0.3, -0.25) is 4.79 Å². The molecule has 8 heteroatoms. The number of anilines is 1. The molecule has 2 heterocycles. The maximum Gasteiger partial charge on any atom is 0.226 e. The Morgan fingerprint density at radius 2 is 2.33 bits per heavy atom. The molecule has 1 aliphatic heterocycles. The van der Waals surface area contributed by atoms with E-state index in [4.69, 9.17) is 4.74 Å². The quantitative estimate of drug-likeness (QED) is 0.849. The van der Waals surface area contributed by atoms with Gasteiger partial charge in [0.1, 0.15) is 5.01 Å². The van der Waals surface area contributed by atoms with Gasteiger partial charge in [0.2, 0.25) is 5.91 Å². The Bertz CT molecular complexity index is 714. The van der Waals surface area contributed by atoms with E-state index in [9.17, 15) is 4.79 Å². The summed E-state index contributed by atoms with van der Waals surface area (Å²) in [5.41, 5.74) is 1.87. The third-order valence-electron chi connectivity index (χ3n) is 3.61. The fraction of sp³-hybridized carbons (Fsp3) is 0.438. The topological polar surface area (TPSA) is 76.1 Å². The predicted molar refractivity (Wildman–Crippen MR) is 95.8 cm³/mol. The number of nitrogens with zero attached hydrogens (tertiary/aromatic N) is 2. The first kappa shape index (κ1) is 17.3. The second-order valence-electron chi connectivity index (χ2n) is 5.64. The third kappa shape index (κ3) is 4.76. The van der Waals surface area contributed by atoms with Gasteiger partial charge in [-0.1, -0.05) is 23.1 Å². The summed E-state index contributed by atoms with van der Waals surface area (Å²) in [6.45, 7) is 6.03. The molecule has 1 aromatic carbocycles. The van der Waals surface area contributed by atoms with E-state index in [1.54, 1.807) is 23.1 Å². The summed E-state index contributed by atoms with van der Waals surface area (Å²) in [6.07, 6.45) is 0.417. The van der Waals surface area contributed by atoms with Gasteiger partial charge in [0.05, 0.1) is 13.2 Å². The molecule has 6 nitrogen and oxygen atoms in total. The minimum Gasteiger partial charge on any atom is -0.378 e. The number of ether oxygens (including phenoxy) is 1. The van der Waals surface area contributed by atoms with Crippen LogP contribution in [0.15, 0.2) is 27.4 Å². The van der Waals surface area contributed by atoms with Crippen molar-refractivity contribution < 1.29 is 9.53 Å². The molecule has 1 unspecified atom stereocenters. The van der Waals surface area contributed by atoms with E-state index in [-0.39, 0.29) is 11.9 Å². The molecule has 1 amide bonds. The van der Waals surface area contributed by atoms with Crippen molar-refractivity contribution >= 4 is 34.7 Å². The molecule has 0 radical (unpaired) electrons. The van der Waals surface area contributed by atoms with E-state index >= 15 is 0 Å². The first-order chi connectivity index (χ1) is 11.6. The summed E-state index contributed by atoms with van der Waals surface area (Å²) < 4.78 is 6.30. The lowest BCUT2D eigenvalue weighted by Crippen LogP contribution is -2.43. The van der Waals surface area contributed by atoms with E-state index in [0.717, 1.165) is 32.0 Å².